The zero-order valence-electron chi connectivity index (χ0n) is 11.5. The van der Waals surface area contributed by atoms with Gasteiger partial charge in [0.25, 0.3) is 0 Å². The third kappa shape index (κ3) is 2.92. The minimum absolute atomic E-state index is 0.0620. The molecule has 2 heterocycles. The summed E-state index contributed by atoms with van der Waals surface area (Å²) in [6.07, 6.45) is 3.44. The molecule has 9 heteroatoms. The molecule has 0 saturated carbocycles. The van der Waals surface area contributed by atoms with Gasteiger partial charge in [-0.15, -0.1) is 0 Å². The molecule has 0 spiro atoms. The van der Waals surface area contributed by atoms with Crippen LogP contribution < -0.4 is 5.32 Å². The lowest BCUT2D eigenvalue weighted by molar-refractivity contribution is -0.384. The van der Waals surface area contributed by atoms with Crippen LogP contribution in [0.5, 0.6) is 0 Å². The Bertz CT molecular complexity index is 576. The van der Waals surface area contributed by atoms with Crippen molar-refractivity contribution in [3.05, 3.63) is 28.0 Å². The van der Waals surface area contributed by atoms with Gasteiger partial charge in [-0.1, -0.05) is 13.3 Å². The van der Waals surface area contributed by atoms with E-state index >= 15 is 0 Å². The Kier molecular flexibility index (Phi) is 4.28. The maximum atomic E-state index is 11.2. The van der Waals surface area contributed by atoms with Crippen LogP contribution in [0.3, 0.4) is 0 Å². The molecule has 0 bridgehead atoms. The second kappa shape index (κ2) is 6.13. The van der Waals surface area contributed by atoms with Gasteiger partial charge in [0.05, 0.1) is 4.92 Å². The molecule has 108 valence electrons. The number of anilines is 1. The van der Waals surface area contributed by atoms with E-state index in [0.29, 0.717) is 30.9 Å². The number of nitro groups is 1. The van der Waals surface area contributed by atoms with Gasteiger partial charge in [-0.05, 0) is 6.42 Å². The van der Waals surface area contributed by atoms with Gasteiger partial charge in [0.1, 0.15) is 17.8 Å². The molecule has 0 saturated heterocycles. The highest BCUT2D eigenvalue weighted by atomic mass is 16.6. The molecule has 0 aromatic carbocycles. The SMILES string of the molecule is CCCc1nn(C)c(NCCc2ncn[nH]2)c1[N+](=O)[O-]. The van der Waals surface area contributed by atoms with Gasteiger partial charge in [0, 0.05) is 20.0 Å². The van der Waals surface area contributed by atoms with Crippen LogP contribution in [0, 0.1) is 10.1 Å². The summed E-state index contributed by atoms with van der Waals surface area (Å²) >= 11 is 0. The van der Waals surface area contributed by atoms with E-state index in [1.165, 1.54) is 11.0 Å². The van der Waals surface area contributed by atoms with E-state index in [1.54, 1.807) is 7.05 Å². The Morgan fingerprint density at radius 1 is 1.50 bits per heavy atom. The monoisotopic (exact) mass is 279 g/mol. The van der Waals surface area contributed by atoms with E-state index in [9.17, 15) is 10.1 Å². The van der Waals surface area contributed by atoms with E-state index in [1.807, 2.05) is 6.92 Å². The van der Waals surface area contributed by atoms with Crippen LogP contribution in [-0.2, 0) is 19.9 Å². The number of hydrogen-bond acceptors (Lipinski definition) is 6. The van der Waals surface area contributed by atoms with Gasteiger partial charge in [-0.25, -0.2) is 9.67 Å². The second-order valence-electron chi connectivity index (χ2n) is 4.38. The lowest BCUT2D eigenvalue weighted by Crippen LogP contribution is -2.10. The zero-order valence-corrected chi connectivity index (χ0v) is 11.5. The summed E-state index contributed by atoms with van der Waals surface area (Å²) in [5, 5.41) is 25.0. The summed E-state index contributed by atoms with van der Waals surface area (Å²) in [4.78, 5) is 14.8. The number of aromatic amines is 1. The first-order chi connectivity index (χ1) is 9.63. The molecule has 0 atom stereocenters. The van der Waals surface area contributed by atoms with Crippen LogP contribution in [0.4, 0.5) is 11.5 Å². The van der Waals surface area contributed by atoms with Crippen LogP contribution in [0.15, 0.2) is 6.33 Å². The van der Waals surface area contributed by atoms with Crippen molar-refractivity contribution in [2.24, 2.45) is 7.05 Å². The molecule has 2 rings (SSSR count). The Hall–Kier alpha value is -2.45. The average Bonchev–Trinajstić information content (AvgIpc) is 2.99. The topological polar surface area (TPSA) is 115 Å². The number of H-pyrrole nitrogens is 1. The highest BCUT2D eigenvalue weighted by Crippen LogP contribution is 2.28. The molecule has 0 unspecified atom stereocenters. The molecule has 2 aromatic heterocycles. The molecule has 9 nitrogen and oxygen atoms in total. The van der Waals surface area contributed by atoms with Crippen LogP contribution in [-0.4, -0.2) is 36.4 Å². The van der Waals surface area contributed by atoms with Crippen LogP contribution >= 0.6 is 0 Å². The maximum absolute atomic E-state index is 11.2. The minimum atomic E-state index is -0.380. The molecular weight excluding hydrogens is 262 g/mol. The first-order valence-electron chi connectivity index (χ1n) is 6.41. The Balaban J connectivity index is 2.11. The molecule has 2 N–H and O–H groups in total. The number of rotatable bonds is 7. The first-order valence-corrected chi connectivity index (χ1v) is 6.41. The van der Waals surface area contributed by atoms with Crippen molar-refractivity contribution in [2.75, 3.05) is 11.9 Å². The third-order valence-corrected chi connectivity index (χ3v) is 2.88. The van der Waals surface area contributed by atoms with Crippen molar-refractivity contribution in [3.63, 3.8) is 0 Å². The molecule has 0 radical (unpaired) electrons. The van der Waals surface area contributed by atoms with Crippen molar-refractivity contribution >= 4 is 11.5 Å². The molecule has 0 fully saturated rings. The smallest absolute Gasteiger partial charge is 0.333 e. The minimum Gasteiger partial charge on any atom is -0.364 e. The molecule has 0 aliphatic carbocycles. The van der Waals surface area contributed by atoms with Crippen LogP contribution in [0.2, 0.25) is 0 Å². The number of nitrogens with zero attached hydrogens (tertiary/aromatic N) is 5. The van der Waals surface area contributed by atoms with Gasteiger partial charge in [-0.2, -0.15) is 10.2 Å². The number of aryl methyl sites for hydroxylation is 2. The number of aromatic nitrogens is 5. The van der Waals surface area contributed by atoms with Gasteiger partial charge in [0.15, 0.2) is 0 Å². The predicted octanol–water partition coefficient (Wildman–Crippen LogP) is 1.05. The standard InChI is InChI=1S/C11H17N7O2/c1-3-4-8-10(18(19)20)11(17(2)16-8)12-6-5-9-13-7-14-15-9/h7,12H,3-6H2,1-2H3,(H,13,14,15). The number of nitrogens with one attached hydrogen (secondary N) is 2. The fraction of sp³-hybridized carbons (Fsp3) is 0.545. The summed E-state index contributed by atoms with van der Waals surface area (Å²) in [6.45, 7) is 2.48. The normalized spacial score (nSPS) is 10.7. The van der Waals surface area contributed by atoms with Crippen LogP contribution in [0.25, 0.3) is 0 Å². The Morgan fingerprint density at radius 2 is 2.30 bits per heavy atom. The van der Waals surface area contributed by atoms with Crippen LogP contribution in [0.1, 0.15) is 24.9 Å². The third-order valence-electron chi connectivity index (χ3n) is 2.88. The fourth-order valence-corrected chi connectivity index (χ4v) is 2.01. The van der Waals surface area contributed by atoms with E-state index in [0.717, 1.165) is 12.2 Å². The lowest BCUT2D eigenvalue weighted by atomic mass is 10.2. The van der Waals surface area contributed by atoms with Crippen molar-refractivity contribution in [1.29, 1.82) is 0 Å². The molecule has 20 heavy (non-hydrogen) atoms. The first kappa shape index (κ1) is 14.0. The van der Waals surface area contributed by atoms with Crippen molar-refractivity contribution in [2.45, 2.75) is 26.2 Å². The summed E-state index contributed by atoms with van der Waals surface area (Å²) in [7, 11) is 1.70. The van der Waals surface area contributed by atoms with Gasteiger partial charge in [0.2, 0.25) is 5.82 Å². The van der Waals surface area contributed by atoms with Gasteiger partial charge in [-0.3, -0.25) is 15.2 Å². The Labute approximate surface area is 115 Å². The summed E-state index contributed by atoms with van der Waals surface area (Å²) in [6, 6.07) is 0. The largest absolute Gasteiger partial charge is 0.364 e. The van der Waals surface area contributed by atoms with E-state index in [4.69, 9.17) is 0 Å². The Morgan fingerprint density at radius 3 is 2.90 bits per heavy atom. The summed E-state index contributed by atoms with van der Waals surface area (Å²) in [5.74, 6) is 1.16. The quantitative estimate of drug-likeness (QED) is 0.578. The maximum Gasteiger partial charge on any atom is 0.333 e. The molecule has 0 aliphatic rings. The molecule has 0 aliphatic heterocycles. The van der Waals surface area contributed by atoms with Gasteiger partial charge < -0.3 is 5.32 Å². The summed E-state index contributed by atoms with van der Waals surface area (Å²) < 4.78 is 1.52. The van der Waals surface area contributed by atoms with E-state index in [2.05, 4.69) is 25.6 Å². The van der Waals surface area contributed by atoms with Crippen molar-refractivity contribution in [1.82, 2.24) is 25.0 Å². The van der Waals surface area contributed by atoms with E-state index < -0.39 is 0 Å². The summed E-state index contributed by atoms with van der Waals surface area (Å²) in [5.41, 5.74) is 0.578. The fourth-order valence-electron chi connectivity index (χ4n) is 2.01. The predicted molar refractivity (Wildman–Crippen MR) is 72.4 cm³/mol. The lowest BCUT2D eigenvalue weighted by Gasteiger charge is -2.04. The van der Waals surface area contributed by atoms with Crippen molar-refractivity contribution < 1.29 is 4.92 Å². The molecule has 0 amide bonds. The molecule has 2 aromatic rings. The highest BCUT2D eigenvalue weighted by molar-refractivity contribution is 5.59. The van der Waals surface area contributed by atoms with E-state index in [-0.39, 0.29) is 10.6 Å². The number of hydrogen-bond donors (Lipinski definition) is 2. The highest BCUT2D eigenvalue weighted by Gasteiger charge is 2.25. The second-order valence-corrected chi connectivity index (χ2v) is 4.38. The molecular formula is C11H17N7O2. The van der Waals surface area contributed by atoms with Gasteiger partial charge >= 0.3 is 5.69 Å². The average molecular weight is 279 g/mol. The zero-order chi connectivity index (χ0) is 14.5. The van der Waals surface area contributed by atoms with Crippen molar-refractivity contribution in [3.8, 4) is 0 Å².